The Labute approximate surface area is 148 Å². The topological polar surface area (TPSA) is 100 Å². The van der Waals surface area contributed by atoms with E-state index in [4.69, 9.17) is 28.2 Å². The number of nitrogen functional groups attached to an aromatic ring is 1. The lowest BCUT2D eigenvalue weighted by Crippen LogP contribution is -2.12. The Balaban J connectivity index is 2.15. The number of anilines is 1. The van der Waals surface area contributed by atoms with Gasteiger partial charge < -0.3 is 20.9 Å². The van der Waals surface area contributed by atoms with Crippen molar-refractivity contribution in [1.82, 2.24) is 4.98 Å². The number of ether oxygens (including phenoxy) is 2. The molecule has 0 radical (unpaired) electrons. The monoisotopic (exact) mass is 362 g/mol. The van der Waals surface area contributed by atoms with Gasteiger partial charge in [-0.3, -0.25) is 9.78 Å². The van der Waals surface area contributed by atoms with Gasteiger partial charge in [-0.2, -0.15) is 0 Å². The van der Waals surface area contributed by atoms with Crippen LogP contribution in [0.2, 0.25) is 6.43 Å². The normalized spacial score (nSPS) is 11.1. The highest BCUT2D eigenvalue weighted by Gasteiger charge is 2.16. The Morgan fingerprint density at radius 2 is 2.08 bits per heavy atom. The van der Waals surface area contributed by atoms with Crippen molar-refractivity contribution < 1.29 is 20.1 Å². The molecular formula is C17H13ClFN3O3. The molecule has 0 aliphatic rings. The molecule has 2 aromatic carbocycles. The number of nitrogens with zero attached hydrogens (tertiary/aromatic N) is 1. The van der Waals surface area contributed by atoms with Crippen LogP contribution >= 0.6 is 11.6 Å². The molecule has 25 heavy (non-hydrogen) atoms. The van der Waals surface area contributed by atoms with Gasteiger partial charge in [0.1, 0.15) is 16.5 Å². The first-order chi connectivity index (χ1) is 12.5. The van der Waals surface area contributed by atoms with E-state index in [0.717, 1.165) is 0 Å². The quantitative estimate of drug-likeness (QED) is 0.692. The van der Waals surface area contributed by atoms with Crippen molar-refractivity contribution in [1.29, 1.82) is 0 Å². The van der Waals surface area contributed by atoms with Crippen LogP contribution in [0.5, 0.6) is 17.2 Å². The molecule has 1 heterocycles. The van der Waals surface area contributed by atoms with Crippen LogP contribution in [0.15, 0.2) is 36.5 Å². The Bertz CT molecular complexity index is 1020. The van der Waals surface area contributed by atoms with Crippen LogP contribution in [0.3, 0.4) is 0 Å². The molecule has 0 fully saturated rings. The van der Waals surface area contributed by atoms with Gasteiger partial charge in [-0.15, -0.1) is 0 Å². The van der Waals surface area contributed by atoms with Crippen molar-refractivity contribution in [2.45, 2.75) is 0 Å². The van der Waals surface area contributed by atoms with Gasteiger partial charge in [-0.25, -0.2) is 4.39 Å². The van der Waals surface area contributed by atoms with Crippen molar-refractivity contribution in [3.8, 4) is 17.2 Å². The van der Waals surface area contributed by atoms with Crippen LogP contribution in [0.4, 0.5) is 10.1 Å². The number of hydrogen-bond donors (Lipinski definition) is 2. The van der Waals surface area contributed by atoms with E-state index < -0.39 is 11.7 Å². The number of benzene rings is 2. The molecule has 0 saturated carbocycles. The summed E-state index contributed by atoms with van der Waals surface area (Å²) in [6, 6.07) is 7.27. The van der Waals surface area contributed by atoms with E-state index in [-0.39, 0.29) is 33.5 Å². The summed E-state index contributed by atoms with van der Waals surface area (Å²) in [7, 11) is 1.40. The molecule has 0 saturated heterocycles. The maximum Gasteiger partial charge on any atom is 0.252 e. The third-order valence-corrected chi connectivity index (χ3v) is 3.95. The highest BCUT2D eigenvalue weighted by atomic mass is 35.5. The Kier molecular flexibility index (Phi) is 3.99. The van der Waals surface area contributed by atoms with Crippen LogP contribution in [0, 0.1) is 5.82 Å². The molecule has 1 aromatic heterocycles. The molecule has 0 aliphatic carbocycles. The molecule has 8 heteroatoms. The first kappa shape index (κ1) is 15.5. The predicted octanol–water partition coefficient (Wildman–Crippen LogP) is 3.51. The zero-order valence-corrected chi connectivity index (χ0v) is 13.7. The summed E-state index contributed by atoms with van der Waals surface area (Å²) >= 11 is 5.81. The van der Waals surface area contributed by atoms with E-state index in [1.807, 2.05) is 0 Å². The minimum absolute atomic E-state index is 0.0928. The summed E-state index contributed by atoms with van der Waals surface area (Å²) in [5, 5.41) is 0.191. The molecule has 0 unspecified atom stereocenters. The number of hydrogen-bond acceptors (Lipinski definition) is 5. The number of primary amides is 1. The lowest BCUT2D eigenvalue weighted by Gasteiger charge is -2.13. The fraction of sp³-hybridized carbons (Fsp3) is 0.0588. The smallest absolute Gasteiger partial charge is 0.252 e. The number of carbonyl (C=O) groups is 1. The molecule has 1 amide bonds. The lowest BCUT2D eigenvalue weighted by molar-refractivity contribution is 0.0997. The first-order valence-corrected chi connectivity index (χ1v) is 7.44. The van der Waals surface area contributed by atoms with Gasteiger partial charge in [-0.05, 0) is 24.3 Å². The highest BCUT2D eigenvalue weighted by molar-refractivity contribution is 6.33. The van der Waals surface area contributed by atoms with Gasteiger partial charge in [0.15, 0.2) is 13.0 Å². The van der Waals surface area contributed by atoms with Gasteiger partial charge in [0.25, 0.3) is 5.91 Å². The summed E-state index contributed by atoms with van der Waals surface area (Å²) in [5.41, 5.74) is 8.02. The first-order valence-electron chi connectivity index (χ1n) is 7.56. The third kappa shape index (κ3) is 3.01. The summed E-state index contributed by atoms with van der Waals surface area (Å²) in [6.45, 7) is 0. The SMILES string of the molecule is [2H]NC(=O)c1cc2c(Oc3ccc(N)c(Cl)c3F)ccnc2cc1OC. The van der Waals surface area contributed by atoms with Crippen molar-refractivity contribution in [2.75, 3.05) is 12.8 Å². The van der Waals surface area contributed by atoms with Crippen molar-refractivity contribution >= 4 is 34.1 Å². The summed E-state index contributed by atoms with van der Waals surface area (Å²) in [4.78, 5) is 16.1. The van der Waals surface area contributed by atoms with E-state index in [0.29, 0.717) is 10.9 Å². The average Bonchev–Trinajstić information content (AvgIpc) is 2.66. The van der Waals surface area contributed by atoms with Crippen molar-refractivity contribution in [3.63, 3.8) is 0 Å². The number of aromatic nitrogens is 1. The van der Waals surface area contributed by atoms with Gasteiger partial charge in [-0.1, -0.05) is 11.6 Å². The number of nitrogens with two attached hydrogens (primary N) is 2. The number of rotatable bonds is 4. The Hall–Kier alpha value is -3.06. The van der Waals surface area contributed by atoms with E-state index in [9.17, 15) is 9.18 Å². The molecule has 0 spiro atoms. The summed E-state index contributed by atoms with van der Waals surface area (Å²) < 4.78 is 32.1. The van der Waals surface area contributed by atoms with Gasteiger partial charge in [0.05, 0.1) is 23.9 Å². The second-order valence-corrected chi connectivity index (χ2v) is 5.47. The summed E-state index contributed by atoms with van der Waals surface area (Å²) in [5.74, 6) is -1.10. The number of halogens is 2. The van der Waals surface area contributed by atoms with Crippen LogP contribution < -0.4 is 20.9 Å². The molecule has 3 rings (SSSR count). The second kappa shape index (κ2) is 6.45. The van der Waals surface area contributed by atoms with Crippen molar-refractivity contribution in [2.24, 2.45) is 5.73 Å². The number of amides is 1. The number of pyridine rings is 1. The average molecular weight is 363 g/mol. The van der Waals surface area contributed by atoms with Gasteiger partial charge in [0.2, 0.25) is 0 Å². The highest BCUT2D eigenvalue weighted by Crippen LogP contribution is 2.36. The minimum Gasteiger partial charge on any atom is -0.496 e. The van der Waals surface area contributed by atoms with E-state index in [1.165, 1.54) is 43.6 Å². The zero-order chi connectivity index (χ0) is 18.8. The molecule has 0 aliphatic heterocycles. The molecule has 0 atom stereocenters. The molecule has 0 bridgehead atoms. The van der Waals surface area contributed by atoms with E-state index in [2.05, 4.69) is 4.98 Å². The molecule has 3 aromatic rings. The third-order valence-electron chi connectivity index (χ3n) is 3.56. The maximum atomic E-state index is 14.3. The fourth-order valence-electron chi connectivity index (χ4n) is 2.33. The fourth-order valence-corrected chi connectivity index (χ4v) is 2.48. The second-order valence-electron chi connectivity index (χ2n) is 5.09. The molecule has 6 nitrogen and oxygen atoms in total. The largest absolute Gasteiger partial charge is 0.496 e. The van der Waals surface area contributed by atoms with Crippen LogP contribution in [-0.2, 0) is 0 Å². The van der Waals surface area contributed by atoms with Crippen molar-refractivity contribution in [3.05, 3.63) is 52.9 Å². The summed E-state index contributed by atoms with van der Waals surface area (Å²) in [6.07, 6.45) is 1.47. The van der Waals surface area contributed by atoms with Crippen LogP contribution in [0.1, 0.15) is 10.4 Å². The maximum absolute atomic E-state index is 14.3. The predicted molar refractivity (Wildman–Crippen MR) is 92.7 cm³/mol. The minimum atomic E-state index is -0.797. The van der Waals surface area contributed by atoms with Gasteiger partial charge >= 0.3 is 0 Å². The van der Waals surface area contributed by atoms with E-state index >= 15 is 0 Å². The molecule has 128 valence electrons. The van der Waals surface area contributed by atoms with Gasteiger partial charge in [0, 0.05) is 17.6 Å². The number of carbonyl (C=O) groups excluding carboxylic acids is 1. The standard InChI is InChI=1S/C17H13ClFN3O3/c1-24-14-7-11-8(6-9(14)17(21)23)12(4-5-22-11)25-13-3-2-10(20)15(18)16(13)19/h2-7H,20H2,1H3,(H2,21,23)/i/hD. The number of methoxy groups -OCH3 is 1. The van der Waals surface area contributed by atoms with E-state index in [1.54, 1.807) is 5.73 Å². The molecule has 4 N–H and O–H groups in total. The zero-order valence-electron chi connectivity index (χ0n) is 14.0. The number of fused-ring (bicyclic) bond motifs is 1. The Morgan fingerprint density at radius 3 is 2.80 bits per heavy atom. The van der Waals surface area contributed by atoms with Crippen LogP contribution in [0.25, 0.3) is 10.9 Å². The molecular weight excluding hydrogens is 349 g/mol. The Morgan fingerprint density at radius 1 is 1.28 bits per heavy atom. The van der Waals surface area contributed by atoms with Crippen LogP contribution in [-0.4, -0.2) is 18.0 Å². The lowest BCUT2D eigenvalue weighted by atomic mass is 10.1.